The molecule has 24 heavy (non-hydrogen) atoms. The number of likely N-dealkylation sites (tertiary alicyclic amines) is 1. The van der Waals surface area contributed by atoms with Crippen LogP contribution in [0.2, 0.25) is 0 Å². The van der Waals surface area contributed by atoms with E-state index < -0.39 is 11.4 Å². The number of aliphatic carboxylic acids is 1. The van der Waals surface area contributed by atoms with Crippen molar-refractivity contribution in [2.24, 2.45) is 17.3 Å². The molecule has 2 amide bonds. The summed E-state index contributed by atoms with van der Waals surface area (Å²) in [5, 5.41) is 12.4. The van der Waals surface area contributed by atoms with E-state index in [9.17, 15) is 19.5 Å². The second-order valence-electron chi connectivity index (χ2n) is 7.31. The first kappa shape index (κ1) is 17.2. The van der Waals surface area contributed by atoms with E-state index in [1.165, 1.54) is 0 Å². The predicted molar refractivity (Wildman–Crippen MR) is 85.2 cm³/mol. The SMILES string of the molecule is O=C(NCC1(C(=O)O)CCOCC1)C1CCCN(C(=O)C2CC2)C1. The minimum Gasteiger partial charge on any atom is -0.481 e. The van der Waals surface area contributed by atoms with Crippen LogP contribution >= 0.6 is 0 Å². The standard InChI is InChI=1S/C17H26N2O5/c20-14(18-11-17(16(22)23)5-8-24-9-6-17)13-2-1-7-19(10-13)15(21)12-3-4-12/h12-13H,1-11H2,(H,18,20)(H,22,23). The first-order valence-corrected chi connectivity index (χ1v) is 8.89. The number of hydrogen-bond acceptors (Lipinski definition) is 4. The van der Waals surface area contributed by atoms with Crippen LogP contribution in [0.25, 0.3) is 0 Å². The number of piperidine rings is 1. The van der Waals surface area contributed by atoms with Crippen LogP contribution < -0.4 is 5.32 Å². The Balaban J connectivity index is 1.53. The fourth-order valence-corrected chi connectivity index (χ4v) is 3.61. The first-order valence-electron chi connectivity index (χ1n) is 8.89. The molecule has 1 aliphatic carbocycles. The van der Waals surface area contributed by atoms with Crippen LogP contribution in [0.1, 0.15) is 38.5 Å². The Kier molecular flexibility index (Phi) is 5.08. The molecule has 0 aromatic rings. The average molecular weight is 338 g/mol. The van der Waals surface area contributed by atoms with Gasteiger partial charge >= 0.3 is 5.97 Å². The van der Waals surface area contributed by atoms with Gasteiger partial charge in [-0.25, -0.2) is 0 Å². The first-order chi connectivity index (χ1) is 11.5. The third-order valence-electron chi connectivity index (χ3n) is 5.54. The van der Waals surface area contributed by atoms with Gasteiger partial charge in [0.15, 0.2) is 0 Å². The molecule has 0 aromatic heterocycles. The Morgan fingerprint density at radius 1 is 1.12 bits per heavy atom. The summed E-state index contributed by atoms with van der Waals surface area (Å²) < 4.78 is 5.25. The lowest BCUT2D eigenvalue weighted by Gasteiger charge is -2.35. The minimum absolute atomic E-state index is 0.129. The fraction of sp³-hybridized carbons (Fsp3) is 0.824. The molecule has 3 rings (SSSR count). The highest BCUT2D eigenvalue weighted by Gasteiger charge is 2.41. The van der Waals surface area contributed by atoms with Gasteiger partial charge in [-0.1, -0.05) is 0 Å². The summed E-state index contributed by atoms with van der Waals surface area (Å²) in [6.07, 6.45) is 4.35. The van der Waals surface area contributed by atoms with E-state index in [4.69, 9.17) is 4.74 Å². The number of carboxylic acid groups (broad SMARTS) is 1. The van der Waals surface area contributed by atoms with Gasteiger partial charge in [0.1, 0.15) is 0 Å². The molecule has 2 saturated heterocycles. The molecular formula is C17H26N2O5. The van der Waals surface area contributed by atoms with Crippen molar-refractivity contribution in [1.82, 2.24) is 10.2 Å². The van der Waals surface area contributed by atoms with E-state index in [0.29, 0.717) is 32.6 Å². The van der Waals surface area contributed by atoms with Gasteiger partial charge in [0.2, 0.25) is 11.8 Å². The van der Waals surface area contributed by atoms with Gasteiger partial charge in [0.25, 0.3) is 0 Å². The fourth-order valence-electron chi connectivity index (χ4n) is 3.61. The molecule has 1 unspecified atom stereocenters. The van der Waals surface area contributed by atoms with Crippen LogP contribution in [0.3, 0.4) is 0 Å². The topological polar surface area (TPSA) is 95.9 Å². The smallest absolute Gasteiger partial charge is 0.311 e. The maximum absolute atomic E-state index is 12.5. The molecule has 0 bridgehead atoms. The van der Waals surface area contributed by atoms with Crippen molar-refractivity contribution in [2.75, 3.05) is 32.8 Å². The van der Waals surface area contributed by atoms with Crippen LogP contribution in [0, 0.1) is 17.3 Å². The highest BCUT2D eigenvalue weighted by Crippen LogP contribution is 2.33. The van der Waals surface area contributed by atoms with Gasteiger partial charge < -0.3 is 20.1 Å². The molecule has 134 valence electrons. The second kappa shape index (κ2) is 7.09. The Labute approximate surface area is 141 Å². The lowest BCUT2D eigenvalue weighted by Crippen LogP contribution is -2.50. The predicted octanol–water partition coefficient (Wildman–Crippen LogP) is 0.633. The van der Waals surface area contributed by atoms with Crippen molar-refractivity contribution < 1.29 is 24.2 Å². The molecule has 1 atom stereocenters. The lowest BCUT2D eigenvalue weighted by atomic mass is 9.80. The van der Waals surface area contributed by atoms with E-state index >= 15 is 0 Å². The van der Waals surface area contributed by atoms with Gasteiger partial charge in [0, 0.05) is 38.8 Å². The average Bonchev–Trinajstić information content (AvgIpc) is 3.45. The maximum atomic E-state index is 12.5. The Morgan fingerprint density at radius 2 is 1.83 bits per heavy atom. The number of carbonyl (C=O) groups excluding carboxylic acids is 2. The zero-order valence-electron chi connectivity index (χ0n) is 14.0. The number of nitrogens with zero attached hydrogens (tertiary/aromatic N) is 1. The normalized spacial score (nSPS) is 26.7. The van der Waals surface area contributed by atoms with Crippen molar-refractivity contribution >= 4 is 17.8 Å². The summed E-state index contributed by atoms with van der Waals surface area (Å²) in [4.78, 5) is 38.1. The highest BCUT2D eigenvalue weighted by molar-refractivity contribution is 5.84. The summed E-state index contributed by atoms with van der Waals surface area (Å²) >= 11 is 0. The molecule has 3 aliphatic rings. The molecule has 0 spiro atoms. The third kappa shape index (κ3) is 3.71. The zero-order chi connectivity index (χ0) is 17.2. The highest BCUT2D eigenvalue weighted by atomic mass is 16.5. The number of ether oxygens (including phenoxy) is 1. The summed E-state index contributed by atoms with van der Waals surface area (Å²) in [7, 11) is 0. The van der Waals surface area contributed by atoms with Gasteiger partial charge in [-0.15, -0.1) is 0 Å². The van der Waals surface area contributed by atoms with Crippen LogP contribution in [-0.4, -0.2) is 60.6 Å². The molecule has 3 fully saturated rings. The Morgan fingerprint density at radius 3 is 2.46 bits per heavy atom. The molecule has 7 nitrogen and oxygen atoms in total. The van der Waals surface area contributed by atoms with Gasteiger partial charge in [-0.2, -0.15) is 0 Å². The molecule has 2 aliphatic heterocycles. The summed E-state index contributed by atoms with van der Waals surface area (Å²) in [5.74, 6) is -0.883. The molecule has 2 heterocycles. The summed E-state index contributed by atoms with van der Waals surface area (Å²) in [5.41, 5.74) is -0.925. The van der Waals surface area contributed by atoms with Crippen molar-refractivity contribution in [1.29, 1.82) is 0 Å². The van der Waals surface area contributed by atoms with Crippen molar-refractivity contribution in [2.45, 2.75) is 38.5 Å². The number of carbonyl (C=O) groups is 3. The zero-order valence-corrected chi connectivity index (χ0v) is 14.0. The van der Waals surface area contributed by atoms with Crippen molar-refractivity contribution in [3.8, 4) is 0 Å². The third-order valence-corrected chi connectivity index (χ3v) is 5.54. The number of carboxylic acids is 1. The molecule has 0 aromatic carbocycles. The number of rotatable bonds is 5. The van der Waals surface area contributed by atoms with Gasteiger partial charge in [-0.05, 0) is 38.5 Å². The minimum atomic E-state index is -0.925. The van der Waals surface area contributed by atoms with E-state index in [0.717, 1.165) is 32.2 Å². The maximum Gasteiger partial charge on any atom is 0.311 e. The van der Waals surface area contributed by atoms with Crippen molar-refractivity contribution in [3.63, 3.8) is 0 Å². The summed E-state index contributed by atoms with van der Waals surface area (Å²) in [6.45, 7) is 2.15. The molecule has 7 heteroatoms. The van der Waals surface area contributed by atoms with Crippen LogP contribution in [0.15, 0.2) is 0 Å². The van der Waals surface area contributed by atoms with E-state index in [-0.39, 0.29) is 30.2 Å². The molecule has 0 radical (unpaired) electrons. The Bertz CT molecular complexity index is 511. The van der Waals surface area contributed by atoms with Crippen LogP contribution in [0.5, 0.6) is 0 Å². The van der Waals surface area contributed by atoms with E-state index in [1.807, 2.05) is 4.90 Å². The number of hydrogen-bond donors (Lipinski definition) is 2. The monoisotopic (exact) mass is 338 g/mol. The quantitative estimate of drug-likeness (QED) is 0.767. The second-order valence-corrected chi connectivity index (χ2v) is 7.31. The number of nitrogens with one attached hydrogen (secondary N) is 1. The molecule has 1 saturated carbocycles. The van der Waals surface area contributed by atoms with Gasteiger partial charge in [0.05, 0.1) is 11.3 Å². The van der Waals surface area contributed by atoms with Crippen LogP contribution in [0.4, 0.5) is 0 Å². The largest absolute Gasteiger partial charge is 0.481 e. The van der Waals surface area contributed by atoms with E-state index in [1.54, 1.807) is 0 Å². The lowest BCUT2D eigenvalue weighted by molar-refractivity contribution is -0.154. The molecule has 2 N–H and O–H groups in total. The summed E-state index contributed by atoms with van der Waals surface area (Å²) in [6, 6.07) is 0. The van der Waals surface area contributed by atoms with E-state index in [2.05, 4.69) is 5.32 Å². The van der Waals surface area contributed by atoms with Crippen molar-refractivity contribution in [3.05, 3.63) is 0 Å². The van der Waals surface area contributed by atoms with Gasteiger partial charge in [-0.3, -0.25) is 14.4 Å². The molecular weight excluding hydrogens is 312 g/mol. The Hall–Kier alpha value is -1.63. The van der Waals surface area contributed by atoms with Crippen LogP contribution in [-0.2, 0) is 19.1 Å². The number of amides is 2.